The molecule has 0 fully saturated rings. The van der Waals surface area contributed by atoms with Crippen LogP contribution in [-0.4, -0.2) is 23.0 Å². The van der Waals surface area contributed by atoms with Crippen LogP contribution in [0.4, 0.5) is 0 Å². The van der Waals surface area contributed by atoms with Gasteiger partial charge in [0.2, 0.25) is 0 Å². The number of carboxylic acids is 1. The summed E-state index contributed by atoms with van der Waals surface area (Å²) in [6, 6.07) is 5.33. The second-order valence-electron chi connectivity index (χ2n) is 5.20. The number of hydrogen-bond donors (Lipinski definition) is 2. The summed E-state index contributed by atoms with van der Waals surface area (Å²) < 4.78 is 5.35. The monoisotopic (exact) mass is 321 g/mol. The maximum atomic E-state index is 12.2. The largest absolute Gasteiger partial charge is 0.478 e. The summed E-state index contributed by atoms with van der Waals surface area (Å²) in [7, 11) is 0. The summed E-state index contributed by atoms with van der Waals surface area (Å²) >= 11 is 1.70. The minimum Gasteiger partial charge on any atom is -0.478 e. The van der Waals surface area contributed by atoms with Gasteiger partial charge in [0.1, 0.15) is 11.3 Å². The van der Waals surface area contributed by atoms with Crippen LogP contribution in [0.2, 0.25) is 0 Å². The van der Waals surface area contributed by atoms with E-state index in [4.69, 9.17) is 9.52 Å². The topological polar surface area (TPSA) is 79.5 Å². The Balaban J connectivity index is 2.03. The molecule has 0 aliphatic carbocycles. The highest BCUT2D eigenvalue weighted by Crippen LogP contribution is 2.18. The Morgan fingerprint density at radius 2 is 2.14 bits per heavy atom. The third-order valence-corrected chi connectivity index (χ3v) is 4.29. The lowest BCUT2D eigenvalue weighted by Crippen LogP contribution is -2.33. The molecule has 1 atom stereocenters. The molecule has 0 bridgehead atoms. The van der Waals surface area contributed by atoms with E-state index in [1.165, 1.54) is 15.8 Å². The van der Waals surface area contributed by atoms with Gasteiger partial charge in [0.05, 0.1) is 0 Å². The number of carboxylic acid groups (broad SMARTS) is 1. The second-order valence-corrected chi connectivity index (χ2v) is 6.57. The van der Waals surface area contributed by atoms with Crippen LogP contribution in [0.5, 0.6) is 0 Å². The standard InChI is InChI=1S/C16H19NO4S/c1-4-13-12(16(19)20)8-14(21-13)15(18)17-9(2)7-11-6-5-10(3)22-11/h5-6,8-9H,4,7H2,1-3H3,(H,17,18)(H,19,20). The van der Waals surface area contributed by atoms with Crippen molar-refractivity contribution in [3.05, 3.63) is 45.0 Å². The average molecular weight is 321 g/mol. The van der Waals surface area contributed by atoms with Gasteiger partial charge in [-0.2, -0.15) is 0 Å². The van der Waals surface area contributed by atoms with Crippen molar-refractivity contribution in [3.8, 4) is 0 Å². The molecule has 0 aliphatic heterocycles. The quantitative estimate of drug-likeness (QED) is 0.856. The highest BCUT2D eigenvalue weighted by molar-refractivity contribution is 7.11. The summed E-state index contributed by atoms with van der Waals surface area (Å²) in [4.78, 5) is 25.7. The Morgan fingerprint density at radius 3 is 2.64 bits per heavy atom. The first-order chi connectivity index (χ1) is 10.4. The van der Waals surface area contributed by atoms with E-state index < -0.39 is 5.97 Å². The molecular formula is C16H19NO4S. The average Bonchev–Trinajstić information content (AvgIpc) is 3.04. The zero-order valence-electron chi connectivity index (χ0n) is 12.8. The van der Waals surface area contributed by atoms with Crippen molar-refractivity contribution in [2.24, 2.45) is 0 Å². The smallest absolute Gasteiger partial charge is 0.339 e. The SMILES string of the molecule is CCc1oc(C(=O)NC(C)Cc2ccc(C)s2)cc1C(=O)O. The zero-order chi connectivity index (χ0) is 16.3. The molecule has 0 spiro atoms. The molecule has 2 heterocycles. The summed E-state index contributed by atoms with van der Waals surface area (Å²) in [6.07, 6.45) is 1.16. The number of rotatable bonds is 6. The van der Waals surface area contributed by atoms with Gasteiger partial charge in [0.15, 0.2) is 5.76 Å². The summed E-state index contributed by atoms with van der Waals surface area (Å²) in [5, 5.41) is 11.9. The van der Waals surface area contributed by atoms with Crippen molar-refractivity contribution < 1.29 is 19.1 Å². The first-order valence-corrected chi connectivity index (χ1v) is 7.94. The maximum Gasteiger partial charge on any atom is 0.339 e. The fraction of sp³-hybridized carbons (Fsp3) is 0.375. The van der Waals surface area contributed by atoms with Crippen LogP contribution in [0, 0.1) is 6.92 Å². The minimum atomic E-state index is -1.08. The molecule has 0 radical (unpaired) electrons. The Morgan fingerprint density at radius 1 is 1.41 bits per heavy atom. The van der Waals surface area contributed by atoms with E-state index in [-0.39, 0.29) is 23.3 Å². The molecular weight excluding hydrogens is 302 g/mol. The van der Waals surface area contributed by atoms with Crippen LogP contribution >= 0.6 is 11.3 Å². The fourth-order valence-electron chi connectivity index (χ4n) is 2.23. The Hall–Kier alpha value is -2.08. The third-order valence-electron chi connectivity index (χ3n) is 3.27. The molecule has 22 heavy (non-hydrogen) atoms. The number of aromatic carboxylic acids is 1. The van der Waals surface area contributed by atoms with Crippen LogP contribution in [0.3, 0.4) is 0 Å². The van der Waals surface area contributed by atoms with Gasteiger partial charge < -0.3 is 14.8 Å². The lowest BCUT2D eigenvalue weighted by atomic mass is 10.2. The van der Waals surface area contributed by atoms with E-state index in [1.807, 2.05) is 26.0 Å². The third kappa shape index (κ3) is 3.76. The number of carbonyl (C=O) groups excluding carboxylic acids is 1. The maximum absolute atomic E-state index is 12.2. The molecule has 2 N–H and O–H groups in total. The molecule has 0 aliphatic rings. The van der Waals surface area contributed by atoms with Crippen molar-refractivity contribution in [2.45, 2.75) is 39.7 Å². The van der Waals surface area contributed by atoms with Gasteiger partial charge in [0, 0.05) is 34.7 Å². The molecule has 118 valence electrons. The second kappa shape index (κ2) is 6.79. The van der Waals surface area contributed by atoms with Gasteiger partial charge in [-0.05, 0) is 26.0 Å². The number of amides is 1. The Kier molecular flexibility index (Phi) is 5.03. The number of thiophene rings is 1. The molecule has 1 unspecified atom stereocenters. The van der Waals surface area contributed by atoms with E-state index in [0.717, 1.165) is 6.42 Å². The number of carbonyl (C=O) groups is 2. The normalized spacial score (nSPS) is 12.1. The van der Waals surface area contributed by atoms with E-state index >= 15 is 0 Å². The van der Waals surface area contributed by atoms with Crippen molar-refractivity contribution in [1.29, 1.82) is 0 Å². The van der Waals surface area contributed by atoms with E-state index in [1.54, 1.807) is 18.3 Å². The number of hydrogen-bond acceptors (Lipinski definition) is 4. The van der Waals surface area contributed by atoms with Crippen LogP contribution in [0.25, 0.3) is 0 Å². The van der Waals surface area contributed by atoms with Gasteiger partial charge in [-0.1, -0.05) is 6.92 Å². The van der Waals surface area contributed by atoms with E-state index in [9.17, 15) is 9.59 Å². The molecule has 1 amide bonds. The van der Waals surface area contributed by atoms with Gasteiger partial charge in [0.25, 0.3) is 5.91 Å². The number of aryl methyl sites for hydroxylation is 2. The highest BCUT2D eigenvalue weighted by atomic mass is 32.1. The van der Waals surface area contributed by atoms with Crippen molar-refractivity contribution in [3.63, 3.8) is 0 Å². The first kappa shape index (κ1) is 16.3. The summed E-state index contributed by atoms with van der Waals surface area (Å²) in [5.74, 6) is -1.10. The van der Waals surface area contributed by atoms with Crippen LogP contribution in [0.1, 0.15) is 50.3 Å². The van der Waals surface area contributed by atoms with Crippen LogP contribution in [0.15, 0.2) is 22.6 Å². The van der Waals surface area contributed by atoms with E-state index in [0.29, 0.717) is 12.2 Å². The predicted octanol–water partition coefficient (Wildman–Crippen LogP) is 3.27. The van der Waals surface area contributed by atoms with Crippen LogP contribution < -0.4 is 5.32 Å². The van der Waals surface area contributed by atoms with Crippen LogP contribution in [-0.2, 0) is 12.8 Å². The minimum absolute atomic E-state index is 0.0449. The van der Waals surface area contributed by atoms with Gasteiger partial charge in [-0.15, -0.1) is 11.3 Å². The predicted molar refractivity (Wildman–Crippen MR) is 84.7 cm³/mol. The molecule has 0 saturated carbocycles. The fourth-order valence-corrected chi connectivity index (χ4v) is 3.25. The van der Waals surface area contributed by atoms with Crippen molar-refractivity contribution in [2.75, 3.05) is 0 Å². The van der Waals surface area contributed by atoms with Gasteiger partial charge in [-0.3, -0.25) is 4.79 Å². The summed E-state index contributed by atoms with van der Waals surface area (Å²) in [6.45, 7) is 5.74. The zero-order valence-corrected chi connectivity index (χ0v) is 13.6. The van der Waals surface area contributed by atoms with Crippen molar-refractivity contribution in [1.82, 2.24) is 5.32 Å². The molecule has 2 rings (SSSR count). The molecule has 6 heteroatoms. The Labute approximate surface area is 133 Å². The number of nitrogens with one attached hydrogen (secondary N) is 1. The first-order valence-electron chi connectivity index (χ1n) is 7.12. The lowest BCUT2D eigenvalue weighted by molar-refractivity contribution is 0.0694. The summed E-state index contributed by atoms with van der Waals surface area (Å²) in [5.41, 5.74) is 0.0502. The number of furan rings is 1. The molecule has 2 aromatic heterocycles. The van der Waals surface area contributed by atoms with Gasteiger partial charge in [-0.25, -0.2) is 4.79 Å². The van der Waals surface area contributed by atoms with E-state index in [2.05, 4.69) is 5.32 Å². The van der Waals surface area contributed by atoms with Gasteiger partial charge >= 0.3 is 5.97 Å². The van der Waals surface area contributed by atoms with Crippen molar-refractivity contribution >= 4 is 23.2 Å². The molecule has 5 nitrogen and oxygen atoms in total. The Bertz CT molecular complexity index is 686. The highest BCUT2D eigenvalue weighted by Gasteiger charge is 2.21. The lowest BCUT2D eigenvalue weighted by Gasteiger charge is -2.11. The molecule has 0 saturated heterocycles. The molecule has 0 aromatic carbocycles. The molecule has 2 aromatic rings.